The third-order valence-electron chi connectivity index (χ3n) is 7.60. The number of rotatable bonds is 31. The van der Waals surface area contributed by atoms with Gasteiger partial charge in [0.2, 0.25) is 0 Å². The van der Waals surface area contributed by atoms with Gasteiger partial charge in [0.05, 0.1) is 0 Å². The molecule has 0 saturated carbocycles. The van der Waals surface area contributed by atoms with Crippen LogP contribution in [-0.4, -0.2) is 12.4 Å². The van der Waals surface area contributed by atoms with Crippen LogP contribution in [0.1, 0.15) is 206 Å². The van der Waals surface area contributed by atoms with Crippen LogP contribution in [0.5, 0.6) is 0 Å². The first-order valence-electron chi connectivity index (χ1n) is 16.9. The molecule has 0 N–H and O–H groups in total. The predicted octanol–water partition coefficient (Wildman–Crippen LogP) is 12.8. The van der Waals surface area contributed by atoms with E-state index in [0.29, 0.717) is 0 Å². The zero-order chi connectivity index (χ0) is 26.0. The highest BCUT2D eigenvalue weighted by Gasteiger charge is 1.95. The van der Waals surface area contributed by atoms with Crippen molar-refractivity contribution >= 4 is 12.4 Å². The summed E-state index contributed by atoms with van der Waals surface area (Å²) in [5.74, 6) is 0. The lowest BCUT2D eigenvalue weighted by Crippen LogP contribution is -1.84. The fraction of sp³-hybridized carbons (Fsp3) is 0.941. The minimum atomic E-state index is 1.09. The molecule has 0 aliphatic heterocycles. The van der Waals surface area contributed by atoms with E-state index in [1.807, 2.05) is 12.4 Å². The van der Waals surface area contributed by atoms with Crippen molar-refractivity contribution in [3.63, 3.8) is 0 Å². The van der Waals surface area contributed by atoms with Crippen molar-refractivity contribution in [3.05, 3.63) is 0 Å². The Kier molecular flexibility index (Phi) is 33.7. The smallest absolute Gasteiger partial charge is 0.0270 e. The largest absolute Gasteiger partial charge is 0.164 e. The van der Waals surface area contributed by atoms with Crippen LogP contribution >= 0.6 is 0 Å². The van der Waals surface area contributed by atoms with Gasteiger partial charge in [-0.3, -0.25) is 0 Å². The second kappa shape index (κ2) is 34.3. The van der Waals surface area contributed by atoms with Crippen LogP contribution in [0.3, 0.4) is 0 Å². The topological polar surface area (TPSA) is 24.7 Å². The molecule has 0 aliphatic carbocycles. The van der Waals surface area contributed by atoms with Crippen LogP contribution in [0.25, 0.3) is 0 Å². The van der Waals surface area contributed by atoms with Gasteiger partial charge in [-0.25, -0.2) is 0 Å². The maximum Gasteiger partial charge on any atom is 0.0270 e. The van der Waals surface area contributed by atoms with Gasteiger partial charge in [-0.2, -0.15) is 10.2 Å². The molecule has 0 unspecified atom stereocenters. The van der Waals surface area contributed by atoms with Crippen molar-refractivity contribution in [2.75, 3.05) is 0 Å². The van der Waals surface area contributed by atoms with E-state index in [2.05, 4.69) is 24.1 Å². The van der Waals surface area contributed by atoms with Crippen LogP contribution in [0.15, 0.2) is 10.2 Å². The van der Waals surface area contributed by atoms with E-state index in [9.17, 15) is 0 Å². The first-order chi connectivity index (χ1) is 17.9. The molecule has 2 nitrogen and oxygen atoms in total. The van der Waals surface area contributed by atoms with Crippen molar-refractivity contribution in [1.29, 1.82) is 0 Å². The molecule has 0 fully saturated rings. The van der Waals surface area contributed by atoms with Crippen molar-refractivity contribution in [2.45, 2.75) is 206 Å². The van der Waals surface area contributed by atoms with Crippen LogP contribution in [-0.2, 0) is 0 Å². The molecule has 0 amide bonds. The first-order valence-corrected chi connectivity index (χ1v) is 16.9. The summed E-state index contributed by atoms with van der Waals surface area (Å²) in [4.78, 5) is 0. The molecule has 0 aromatic carbocycles. The maximum atomic E-state index is 4.22. The van der Waals surface area contributed by atoms with Gasteiger partial charge < -0.3 is 0 Å². The average molecular weight is 505 g/mol. The molecule has 0 aliphatic rings. The Labute approximate surface area is 229 Å². The Morgan fingerprint density at radius 1 is 0.278 bits per heavy atom. The van der Waals surface area contributed by atoms with E-state index >= 15 is 0 Å². The molecule has 0 radical (unpaired) electrons. The lowest BCUT2D eigenvalue weighted by molar-refractivity contribution is 0.537. The van der Waals surface area contributed by atoms with Gasteiger partial charge in [0.1, 0.15) is 0 Å². The molecular formula is C34H68N2. The average Bonchev–Trinajstić information content (AvgIpc) is 2.89. The molecule has 36 heavy (non-hydrogen) atoms. The van der Waals surface area contributed by atoms with Crippen molar-refractivity contribution in [1.82, 2.24) is 0 Å². The lowest BCUT2D eigenvalue weighted by Gasteiger charge is -2.02. The summed E-state index contributed by atoms with van der Waals surface area (Å²) in [6, 6.07) is 0. The number of nitrogens with zero attached hydrogens (tertiary/aromatic N) is 2. The van der Waals surface area contributed by atoms with Gasteiger partial charge in [0, 0.05) is 12.4 Å². The second-order valence-corrected chi connectivity index (χ2v) is 11.4. The quantitative estimate of drug-likeness (QED) is 0.0509. The van der Waals surface area contributed by atoms with Gasteiger partial charge in [-0.1, -0.05) is 181 Å². The lowest BCUT2D eigenvalue weighted by atomic mass is 10.0. The molecule has 0 rings (SSSR count). The summed E-state index contributed by atoms with van der Waals surface area (Å²) in [5.41, 5.74) is 0. The highest BCUT2D eigenvalue weighted by Crippen LogP contribution is 2.14. The number of hydrogen-bond acceptors (Lipinski definition) is 2. The number of hydrogen-bond donors (Lipinski definition) is 0. The van der Waals surface area contributed by atoms with Gasteiger partial charge in [0.15, 0.2) is 0 Å². The van der Waals surface area contributed by atoms with Gasteiger partial charge in [0.25, 0.3) is 0 Å². The van der Waals surface area contributed by atoms with Crippen molar-refractivity contribution < 1.29 is 0 Å². The molecule has 214 valence electrons. The summed E-state index contributed by atoms with van der Waals surface area (Å²) in [6.07, 6.45) is 46.0. The fourth-order valence-corrected chi connectivity index (χ4v) is 5.07. The summed E-state index contributed by atoms with van der Waals surface area (Å²) in [6.45, 7) is 4.59. The van der Waals surface area contributed by atoms with E-state index in [1.54, 1.807) is 0 Å². The zero-order valence-electron chi connectivity index (χ0n) is 25.3. The third kappa shape index (κ3) is 33.3. The second-order valence-electron chi connectivity index (χ2n) is 11.4. The summed E-state index contributed by atoms with van der Waals surface area (Å²) in [5, 5.41) is 8.44. The summed E-state index contributed by atoms with van der Waals surface area (Å²) < 4.78 is 0. The molecule has 0 aromatic rings. The standard InChI is InChI=1S/C34H68N2/c1-3-5-7-9-11-13-15-17-19-21-23-25-27-29-31-33-35-36-34-32-30-28-26-24-22-20-18-16-14-12-10-8-6-4-2/h33-34H,3-32H2,1-2H3. The third-order valence-corrected chi connectivity index (χ3v) is 7.60. The van der Waals surface area contributed by atoms with Crippen LogP contribution < -0.4 is 0 Å². The molecule has 0 aromatic heterocycles. The molecule has 2 heteroatoms. The van der Waals surface area contributed by atoms with Crippen molar-refractivity contribution in [3.8, 4) is 0 Å². The highest BCUT2D eigenvalue weighted by atomic mass is 15.2. The molecule has 0 spiro atoms. The van der Waals surface area contributed by atoms with Gasteiger partial charge >= 0.3 is 0 Å². The van der Waals surface area contributed by atoms with Crippen LogP contribution in [0.4, 0.5) is 0 Å². The Hall–Kier alpha value is -0.660. The zero-order valence-corrected chi connectivity index (χ0v) is 25.3. The Morgan fingerprint density at radius 2 is 0.472 bits per heavy atom. The predicted molar refractivity (Wildman–Crippen MR) is 167 cm³/mol. The van der Waals surface area contributed by atoms with E-state index < -0.39 is 0 Å². The number of unbranched alkanes of at least 4 members (excludes halogenated alkanes) is 28. The van der Waals surface area contributed by atoms with E-state index in [1.165, 1.54) is 180 Å². The fourth-order valence-electron chi connectivity index (χ4n) is 5.07. The minimum absolute atomic E-state index is 1.09. The Bertz CT molecular complexity index is 389. The highest BCUT2D eigenvalue weighted by molar-refractivity contribution is 5.61. The van der Waals surface area contributed by atoms with E-state index in [4.69, 9.17) is 0 Å². The van der Waals surface area contributed by atoms with E-state index in [0.717, 1.165) is 12.8 Å². The van der Waals surface area contributed by atoms with Crippen LogP contribution in [0, 0.1) is 0 Å². The Morgan fingerprint density at radius 3 is 0.694 bits per heavy atom. The Balaban J connectivity index is 3.14. The van der Waals surface area contributed by atoms with Gasteiger partial charge in [-0.05, 0) is 25.7 Å². The van der Waals surface area contributed by atoms with Gasteiger partial charge in [-0.15, -0.1) is 0 Å². The molecule has 0 saturated heterocycles. The minimum Gasteiger partial charge on any atom is -0.164 e. The maximum absolute atomic E-state index is 4.22. The van der Waals surface area contributed by atoms with E-state index in [-0.39, 0.29) is 0 Å². The molecule has 0 heterocycles. The monoisotopic (exact) mass is 505 g/mol. The molecule has 0 atom stereocenters. The molecular weight excluding hydrogens is 436 g/mol. The normalized spacial score (nSPS) is 11.9. The summed E-state index contributed by atoms with van der Waals surface area (Å²) in [7, 11) is 0. The van der Waals surface area contributed by atoms with Crippen molar-refractivity contribution in [2.24, 2.45) is 10.2 Å². The SMILES string of the molecule is CCCCCCCCCCCCCCCCC=NN=CCCCCCCCCCCCCCCCC. The molecule has 0 bridgehead atoms. The van der Waals surface area contributed by atoms with Crippen LogP contribution in [0.2, 0.25) is 0 Å². The first kappa shape index (κ1) is 35.3. The summed E-state index contributed by atoms with van der Waals surface area (Å²) >= 11 is 0.